The monoisotopic (exact) mass is 304 g/mol. The molecule has 2 aliphatic rings. The van der Waals surface area contributed by atoms with Crippen LogP contribution in [0.25, 0.3) is 0 Å². The molecular weight excluding hydrogens is 284 g/mol. The first-order valence-electron chi connectivity index (χ1n) is 7.48. The lowest BCUT2D eigenvalue weighted by molar-refractivity contribution is -0.134. The minimum Gasteiger partial charge on any atom is -0.342 e. The Morgan fingerprint density at radius 2 is 2.05 bits per heavy atom. The maximum Gasteiger partial charge on any atom is 0.227 e. The van der Waals surface area contributed by atoms with Crippen LogP contribution < -0.4 is 0 Å². The van der Waals surface area contributed by atoms with E-state index in [-0.39, 0.29) is 5.91 Å². The number of fused-ring (bicyclic) bond motifs is 1. The van der Waals surface area contributed by atoms with Gasteiger partial charge in [-0.3, -0.25) is 9.59 Å². The van der Waals surface area contributed by atoms with Gasteiger partial charge in [-0.15, -0.1) is 11.8 Å². The molecule has 0 bridgehead atoms. The van der Waals surface area contributed by atoms with Crippen molar-refractivity contribution in [3.63, 3.8) is 0 Å². The second kappa shape index (κ2) is 6.52. The molecule has 0 radical (unpaired) electrons. The summed E-state index contributed by atoms with van der Waals surface area (Å²) >= 11 is 1.91. The highest BCUT2D eigenvalue weighted by Crippen LogP contribution is 2.30. The van der Waals surface area contributed by atoms with E-state index in [2.05, 4.69) is 18.2 Å². The first kappa shape index (κ1) is 14.4. The van der Waals surface area contributed by atoms with Gasteiger partial charge in [0.1, 0.15) is 0 Å². The van der Waals surface area contributed by atoms with Crippen LogP contribution in [0.2, 0.25) is 0 Å². The van der Waals surface area contributed by atoms with Crippen LogP contribution in [0.1, 0.15) is 17.5 Å². The molecule has 2 heterocycles. The summed E-state index contributed by atoms with van der Waals surface area (Å²) in [5.41, 5.74) is 2.50. The van der Waals surface area contributed by atoms with Gasteiger partial charge in [0.25, 0.3) is 0 Å². The van der Waals surface area contributed by atoms with E-state index in [0.29, 0.717) is 32.6 Å². The average molecular weight is 304 g/mol. The molecule has 0 aromatic heterocycles. The van der Waals surface area contributed by atoms with Crippen molar-refractivity contribution >= 4 is 24.1 Å². The predicted octanol–water partition coefficient (Wildman–Crippen LogP) is 1.57. The summed E-state index contributed by atoms with van der Waals surface area (Å²) in [4.78, 5) is 28.0. The first-order valence-corrected chi connectivity index (χ1v) is 8.46. The van der Waals surface area contributed by atoms with Crippen molar-refractivity contribution < 1.29 is 9.59 Å². The van der Waals surface area contributed by atoms with E-state index in [1.807, 2.05) is 16.7 Å². The van der Waals surface area contributed by atoms with Gasteiger partial charge in [0.05, 0.1) is 6.42 Å². The van der Waals surface area contributed by atoms with Gasteiger partial charge in [-0.05, 0) is 35.8 Å². The molecule has 1 aromatic carbocycles. The number of hydrogen-bond donors (Lipinski definition) is 0. The van der Waals surface area contributed by atoms with Gasteiger partial charge in [0, 0.05) is 31.1 Å². The Bertz CT molecular complexity index is 539. The molecular formula is C16H20N2O2S. The van der Waals surface area contributed by atoms with Crippen LogP contribution in [0, 0.1) is 0 Å². The van der Waals surface area contributed by atoms with E-state index in [4.69, 9.17) is 0 Å². The third kappa shape index (κ3) is 3.40. The predicted molar refractivity (Wildman–Crippen MR) is 83.4 cm³/mol. The maximum atomic E-state index is 12.3. The Labute approximate surface area is 129 Å². The van der Waals surface area contributed by atoms with Crippen molar-refractivity contribution in [3.8, 4) is 0 Å². The van der Waals surface area contributed by atoms with Gasteiger partial charge in [-0.1, -0.05) is 12.1 Å². The molecule has 4 nitrogen and oxygen atoms in total. The van der Waals surface area contributed by atoms with Gasteiger partial charge >= 0.3 is 0 Å². The number of hydrogen-bond acceptors (Lipinski definition) is 3. The fraction of sp³-hybridized carbons (Fsp3) is 0.500. The Morgan fingerprint density at radius 3 is 2.81 bits per heavy atom. The summed E-state index contributed by atoms with van der Waals surface area (Å²) in [5, 5.41) is 0. The van der Waals surface area contributed by atoms with Crippen molar-refractivity contribution in [2.75, 3.05) is 31.9 Å². The molecule has 1 fully saturated rings. The highest BCUT2D eigenvalue weighted by Gasteiger charge is 2.20. The van der Waals surface area contributed by atoms with Gasteiger partial charge in [-0.25, -0.2) is 0 Å². The number of benzene rings is 1. The molecule has 5 heteroatoms. The van der Waals surface area contributed by atoms with Crippen LogP contribution >= 0.6 is 11.8 Å². The number of carbonyl (C=O) groups excluding carboxylic acids is 2. The van der Waals surface area contributed by atoms with Crippen molar-refractivity contribution in [2.45, 2.75) is 24.2 Å². The third-order valence-corrected chi connectivity index (χ3v) is 5.35. The zero-order valence-electron chi connectivity index (χ0n) is 12.1. The molecule has 1 saturated heterocycles. The maximum absolute atomic E-state index is 12.3. The van der Waals surface area contributed by atoms with E-state index in [1.165, 1.54) is 22.6 Å². The van der Waals surface area contributed by atoms with Crippen LogP contribution in [0.4, 0.5) is 0 Å². The molecule has 0 aliphatic carbocycles. The Morgan fingerprint density at radius 1 is 1.24 bits per heavy atom. The zero-order chi connectivity index (χ0) is 14.7. The minimum atomic E-state index is 0.170. The molecule has 0 unspecified atom stereocenters. The van der Waals surface area contributed by atoms with E-state index in [1.54, 1.807) is 4.90 Å². The summed E-state index contributed by atoms with van der Waals surface area (Å²) in [6.07, 6.45) is 3.69. The van der Waals surface area contributed by atoms with Gasteiger partial charge < -0.3 is 9.80 Å². The van der Waals surface area contributed by atoms with E-state index < -0.39 is 0 Å². The molecule has 1 aromatic rings. The van der Waals surface area contributed by atoms with Crippen molar-refractivity contribution in [2.24, 2.45) is 0 Å². The van der Waals surface area contributed by atoms with Crippen molar-refractivity contribution in [1.29, 1.82) is 0 Å². The number of aryl methyl sites for hydroxylation is 1. The summed E-state index contributed by atoms with van der Waals surface area (Å²) < 4.78 is 0. The standard InChI is InChI=1S/C16H20N2O2S/c19-12-17-5-7-18(8-6-17)16(20)11-13-3-4-15-14(10-13)2-1-9-21-15/h3-4,10,12H,1-2,5-9,11H2. The van der Waals surface area contributed by atoms with Crippen LogP contribution in [-0.2, 0) is 22.4 Å². The van der Waals surface area contributed by atoms with Crippen molar-refractivity contribution in [1.82, 2.24) is 9.80 Å². The molecule has 112 valence electrons. The van der Waals surface area contributed by atoms with Crippen LogP contribution in [0.5, 0.6) is 0 Å². The largest absolute Gasteiger partial charge is 0.342 e. The number of amides is 2. The van der Waals surface area contributed by atoms with Crippen LogP contribution in [-0.4, -0.2) is 54.0 Å². The molecule has 2 amide bonds. The average Bonchev–Trinajstić information content (AvgIpc) is 2.55. The fourth-order valence-electron chi connectivity index (χ4n) is 2.89. The third-order valence-electron chi connectivity index (χ3n) is 4.14. The first-order chi connectivity index (χ1) is 10.3. The highest BCUT2D eigenvalue weighted by atomic mass is 32.2. The smallest absolute Gasteiger partial charge is 0.227 e. The Balaban J connectivity index is 1.61. The Kier molecular flexibility index (Phi) is 4.48. The number of nitrogens with zero attached hydrogens (tertiary/aromatic N) is 2. The molecule has 0 N–H and O–H groups in total. The van der Waals surface area contributed by atoms with Gasteiger partial charge in [-0.2, -0.15) is 0 Å². The van der Waals surface area contributed by atoms with Gasteiger partial charge in [0.2, 0.25) is 12.3 Å². The SMILES string of the molecule is O=CN1CCN(C(=O)Cc2ccc3c(c2)CCCS3)CC1. The second-order valence-corrected chi connectivity index (χ2v) is 6.73. The van der Waals surface area contributed by atoms with E-state index >= 15 is 0 Å². The zero-order valence-corrected chi connectivity index (χ0v) is 12.9. The molecule has 21 heavy (non-hydrogen) atoms. The lowest BCUT2D eigenvalue weighted by atomic mass is 10.0. The normalized spacial score (nSPS) is 18.3. The molecule has 0 atom stereocenters. The minimum absolute atomic E-state index is 0.170. The second-order valence-electron chi connectivity index (χ2n) is 5.59. The molecule has 2 aliphatic heterocycles. The summed E-state index contributed by atoms with van der Waals surface area (Å²) in [5.74, 6) is 1.37. The lowest BCUT2D eigenvalue weighted by Crippen LogP contribution is -2.48. The number of piperazine rings is 1. The summed E-state index contributed by atoms with van der Waals surface area (Å²) in [6, 6.07) is 6.43. The molecule has 3 rings (SSSR count). The lowest BCUT2D eigenvalue weighted by Gasteiger charge is -2.32. The van der Waals surface area contributed by atoms with Gasteiger partial charge in [0.15, 0.2) is 0 Å². The molecule has 0 saturated carbocycles. The number of carbonyl (C=O) groups is 2. The Hall–Kier alpha value is -1.49. The number of thioether (sulfide) groups is 1. The fourth-order valence-corrected chi connectivity index (χ4v) is 3.91. The highest BCUT2D eigenvalue weighted by molar-refractivity contribution is 7.99. The van der Waals surface area contributed by atoms with E-state index in [9.17, 15) is 9.59 Å². The van der Waals surface area contributed by atoms with Crippen molar-refractivity contribution in [3.05, 3.63) is 29.3 Å². The quantitative estimate of drug-likeness (QED) is 0.796. The van der Waals surface area contributed by atoms with Crippen LogP contribution in [0.3, 0.4) is 0 Å². The summed E-state index contributed by atoms with van der Waals surface area (Å²) in [7, 11) is 0. The number of rotatable bonds is 3. The summed E-state index contributed by atoms with van der Waals surface area (Å²) in [6.45, 7) is 2.60. The topological polar surface area (TPSA) is 40.6 Å². The molecule has 0 spiro atoms. The van der Waals surface area contributed by atoms with Crippen LogP contribution in [0.15, 0.2) is 23.1 Å². The van der Waals surface area contributed by atoms with E-state index in [0.717, 1.165) is 18.4 Å².